The SMILES string of the molecule is COc1ccccc1CCNC(=O)C(=O)Nc1cc(C)ccc1OC. The molecule has 6 nitrogen and oxygen atoms in total. The Balaban J connectivity index is 1.91. The standard InChI is InChI=1S/C19H22N2O4/c1-13-8-9-17(25-3)15(12-13)21-19(23)18(22)20-11-10-14-6-4-5-7-16(14)24-2/h4-9,12H,10-11H2,1-3H3,(H,20,22)(H,21,23). The van der Waals surface area contributed by atoms with Gasteiger partial charge >= 0.3 is 11.8 Å². The Morgan fingerprint density at radius 1 is 0.960 bits per heavy atom. The molecule has 0 aliphatic heterocycles. The second-order valence-electron chi connectivity index (χ2n) is 5.48. The second-order valence-corrected chi connectivity index (χ2v) is 5.48. The number of anilines is 1. The molecular formula is C19H22N2O4. The van der Waals surface area contributed by atoms with Crippen LogP contribution in [0.5, 0.6) is 11.5 Å². The van der Waals surface area contributed by atoms with Crippen LogP contribution in [-0.2, 0) is 16.0 Å². The van der Waals surface area contributed by atoms with Crippen molar-refractivity contribution >= 4 is 17.5 Å². The summed E-state index contributed by atoms with van der Waals surface area (Å²) in [6.07, 6.45) is 0.566. The summed E-state index contributed by atoms with van der Waals surface area (Å²) in [5.41, 5.74) is 2.38. The summed E-state index contributed by atoms with van der Waals surface area (Å²) in [5.74, 6) is -0.172. The Labute approximate surface area is 147 Å². The van der Waals surface area contributed by atoms with Crippen LogP contribution in [0.1, 0.15) is 11.1 Å². The first-order valence-corrected chi connectivity index (χ1v) is 7.91. The Morgan fingerprint density at radius 3 is 2.40 bits per heavy atom. The number of ether oxygens (including phenoxy) is 2. The molecule has 132 valence electrons. The first-order chi connectivity index (χ1) is 12.0. The number of aryl methyl sites for hydroxylation is 1. The maximum Gasteiger partial charge on any atom is 0.313 e. The van der Waals surface area contributed by atoms with E-state index in [0.717, 1.165) is 16.9 Å². The van der Waals surface area contributed by atoms with E-state index in [0.29, 0.717) is 24.4 Å². The molecule has 2 aromatic carbocycles. The van der Waals surface area contributed by atoms with Gasteiger partial charge in [-0.1, -0.05) is 24.3 Å². The molecule has 25 heavy (non-hydrogen) atoms. The van der Waals surface area contributed by atoms with Crippen molar-refractivity contribution in [3.8, 4) is 11.5 Å². The van der Waals surface area contributed by atoms with Crippen molar-refractivity contribution < 1.29 is 19.1 Å². The maximum absolute atomic E-state index is 12.1. The van der Waals surface area contributed by atoms with Crippen LogP contribution in [0.25, 0.3) is 0 Å². The smallest absolute Gasteiger partial charge is 0.313 e. The molecule has 0 aliphatic carbocycles. The molecule has 0 heterocycles. The number of rotatable bonds is 6. The lowest BCUT2D eigenvalue weighted by Gasteiger charge is -2.11. The summed E-state index contributed by atoms with van der Waals surface area (Å²) < 4.78 is 10.4. The molecule has 2 aromatic rings. The van der Waals surface area contributed by atoms with Crippen LogP contribution in [0.15, 0.2) is 42.5 Å². The van der Waals surface area contributed by atoms with E-state index in [2.05, 4.69) is 10.6 Å². The first-order valence-electron chi connectivity index (χ1n) is 7.91. The monoisotopic (exact) mass is 342 g/mol. The zero-order chi connectivity index (χ0) is 18.2. The molecule has 0 aliphatic rings. The molecule has 0 fully saturated rings. The average molecular weight is 342 g/mol. The minimum Gasteiger partial charge on any atom is -0.496 e. The fourth-order valence-corrected chi connectivity index (χ4v) is 2.40. The largest absolute Gasteiger partial charge is 0.496 e. The van der Waals surface area contributed by atoms with Crippen LogP contribution in [0.3, 0.4) is 0 Å². The zero-order valence-corrected chi connectivity index (χ0v) is 14.6. The van der Waals surface area contributed by atoms with E-state index in [1.165, 1.54) is 7.11 Å². The van der Waals surface area contributed by atoms with Crippen LogP contribution >= 0.6 is 0 Å². The van der Waals surface area contributed by atoms with Gasteiger partial charge in [0.25, 0.3) is 0 Å². The minimum absolute atomic E-state index is 0.331. The van der Waals surface area contributed by atoms with E-state index in [1.807, 2.05) is 37.3 Å². The summed E-state index contributed by atoms with van der Waals surface area (Å²) in [5, 5.41) is 5.18. The van der Waals surface area contributed by atoms with Crippen molar-refractivity contribution in [2.24, 2.45) is 0 Å². The zero-order valence-electron chi connectivity index (χ0n) is 14.6. The van der Waals surface area contributed by atoms with Crippen molar-refractivity contribution in [3.05, 3.63) is 53.6 Å². The van der Waals surface area contributed by atoms with Gasteiger partial charge < -0.3 is 20.1 Å². The summed E-state index contributed by atoms with van der Waals surface area (Å²) in [4.78, 5) is 24.0. The fourth-order valence-electron chi connectivity index (χ4n) is 2.40. The number of benzene rings is 2. The molecule has 6 heteroatoms. The van der Waals surface area contributed by atoms with Crippen molar-refractivity contribution in [2.75, 3.05) is 26.1 Å². The third-order valence-corrected chi connectivity index (χ3v) is 3.68. The van der Waals surface area contributed by atoms with Crippen molar-refractivity contribution in [2.45, 2.75) is 13.3 Å². The Hall–Kier alpha value is -3.02. The quantitative estimate of drug-likeness (QED) is 0.790. The van der Waals surface area contributed by atoms with Gasteiger partial charge in [-0.15, -0.1) is 0 Å². The predicted octanol–water partition coefficient (Wildman–Crippen LogP) is 2.31. The molecule has 2 rings (SSSR count). The van der Waals surface area contributed by atoms with Gasteiger partial charge in [0.2, 0.25) is 0 Å². The van der Waals surface area contributed by atoms with E-state index in [9.17, 15) is 9.59 Å². The lowest BCUT2D eigenvalue weighted by atomic mass is 10.1. The third kappa shape index (κ3) is 4.97. The molecule has 0 aromatic heterocycles. The van der Waals surface area contributed by atoms with Gasteiger partial charge in [-0.25, -0.2) is 0 Å². The van der Waals surface area contributed by atoms with Crippen LogP contribution in [0, 0.1) is 6.92 Å². The van der Waals surface area contributed by atoms with Gasteiger partial charge in [0, 0.05) is 6.54 Å². The van der Waals surface area contributed by atoms with Crippen molar-refractivity contribution in [1.29, 1.82) is 0 Å². The number of para-hydroxylation sites is 1. The highest BCUT2D eigenvalue weighted by atomic mass is 16.5. The maximum atomic E-state index is 12.1. The van der Waals surface area contributed by atoms with Crippen LogP contribution in [0.4, 0.5) is 5.69 Å². The predicted molar refractivity (Wildman–Crippen MR) is 96.1 cm³/mol. The van der Waals surface area contributed by atoms with Crippen LogP contribution in [-0.4, -0.2) is 32.6 Å². The molecule has 2 N–H and O–H groups in total. The van der Waals surface area contributed by atoms with Gasteiger partial charge in [-0.05, 0) is 42.7 Å². The van der Waals surface area contributed by atoms with Crippen LogP contribution in [0.2, 0.25) is 0 Å². The highest BCUT2D eigenvalue weighted by molar-refractivity contribution is 6.39. The molecule has 0 saturated heterocycles. The number of hydrogen-bond donors (Lipinski definition) is 2. The third-order valence-electron chi connectivity index (χ3n) is 3.68. The van der Waals surface area contributed by atoms with E-state index < -0.39 is 11.8 Å². The van der Waals surface area contributed by atoms with E-state index in [4.69, 9.17) is 9.47 Å². The second kappa shape index (κ2) is 8.73. The summed E-state index contributed by atoms with van der Waals surface area (Å²) in [6, 6.07) is 12.9. The van der Waals surface area contributed by atoms with Crippen LogP contribution < -0.4 is 20.1 Å². The summed E-state index contributed by atoms with van der Waals surface area (Å²) in [6.45, 7) is 2.22. The van der Waals surface area contributed by atoms with Crippen molar-refractivity contribution in [3.63, 3.8) is 0 Å². The lowest BCUT2D eigenvalue weighted by molar-refractivity contribution is -0.136. The normalized spacial score (nSPS) is 10.0. The lowest BCUT2D eigenvalue weighted by Crippen LogP contribution is -2.36. The topological polar surface area (TPSA) is 76.7 Å². The molecule has 2 amide bonds. The number of methoxy groups -OCH3 is 2. The molecule has 0 spiro atoms. The minimum atomic E-state index is -0.732. The highest BCUT2D eigenvalue weighted by Crippen LogP contribution is 2.25. The number of nitrogens with one attached hydrogen (secondary N) is 2. The average Bonchev–Trinajstić information content (AvgIpc) is 2.62. The van der Waals surface area contributed by atoms with Gasteiger partial charge in [0.05, 0.1) is 19.9 Å². The number of carbonyl (C=O) groups is 2. The van der Waals surface area contributed by atoms with Crippen molar-refractivity contribution in [1.82, 2.24) is 5.32 Å². The Morgan fingerprint density at radius 2 is 1.68 bits per heavy atom. The van der Waals surface area contributed by atoms with Gasteiger partial charge in [-0.2, -0.15) is 0 Å². The van der Waals surface area contributed by atoms with Gasteiger partial charge in [0.15, 0.2) is 0 Å². The number of hydrogen-bond acceptors (Lipinski definition) is 4. The molecule has 0 unspecified atom stereocenters. The van der Waals surface area contributed by atoms with Gasteiger partial charge in [-0.3, -0.25) is 9.59 Å². The van der Waals surface area contributed by atoms with E-state index in [-0.39, 0.29) is 0 Å². The van der Waals surface area contributed by atoms with E-state index in [1.54, 1.807) is 19.2 Å². The molecule has 0 saturated carbocycles. The van der Waals surface area contributed by atoms with Gasteiger partial charge in [0.1, 0.15) is 11.5 Å². The molecule has 0 atom stereocenters. The Kier molecular flexibility index (Phi) is 6.39. The van der Waals surface area contributed by atoms with E-state index >= 15 is 0 Å². The molecular weight excluding hydrogens is 320 g/mol. The number of carbonyl (C=O) groups excluding carboxylic acids is 2. The highest BCUT2D eigenvalue weighted by Gasteiger charge is 2.15. The Bertz CT molecular complexity index is 759. The molecule has 0 radical (unpaired) electrons. The summed E-state index contributed by atoms with van der Waals surface area (Å²) >= 11 is 0. The fraction of sp³-hybridized carbons (Fsp3) is 0.263. The molecule has 0 bridgehead atoms. The first kappa shape index (κ1) is 18.3. The number of amides is 2. The summed E-state index contributed by atoms with van der Waals surface area (Å²) in [7, 11) is 3.10.